The third kappa shape index (κ3) is 5.86. The highest BCUT2D eigenvalue weighted by atomic mass is 32.2. The van der Waals surface area contributed by atoms with Gasteiger partial charge in [0.15, 0.2) is 0 Å². The maximum Gasteiger partial charge on any atom is 0.0462 e. The van der Waals surface area contributed by atoms with Crippen molar-refractivity contribution in [1.29, 1.82) is 0 Å². The Bertz CT molecular complexity index is 192. The van der Waals surface area contributed by atoms with Crippen LogP contribution in [0.1, 0.15) is 33.1 Å². The standard InChI is InChI=1S/C13H27NOS2/c1-4-7-14-12(6-5-8-15-3)13-11(2)16-9-10-17-13/h11-14H,4-10H2,1-3H3. The molecule has 3 unspecified atom stereocenters. The summed E-state index contributed by atoms with van der Waals surface area (Å²) in [5, 5.41) is 5.30. The summed E-state index contributed by atoms with van der Waals surface area (Å²) in [6.07, 6.45) is 3.64. The van der Waals surface area contributed by atoms with E-state index >= 15 is 0 Å². The highest BCUT2D eigenvalue weighted by molar-refractivity contribution is 8.07. The molecule has 1 aliphatic heterocycles. The zero-order chi connectivity index (χ0) is 12.5. The van der Waals surface area contributed by atoms with Gasteiger partial charge < -0.3 is 10.1 Å². The van der Waals surface area contributed by atoms with E-state index in [1.807, 2.05) is 0 Å². The summed E-state index contributed by atoms with van der Waals surface area (Å²) in [7, 11) is 1.79. The molecule has 0 aromatic heterocycles. The summed E-state index contributed by atoms with van der Waals surface area (Å²) in [6, 6.07) is 0.665. The van der Waals surface area contributed by atoms with Gasteiger partial charge in [-0.1, -0.05) is 13.8 Å². The minimum Gasteiger partial charge on any atom is -0.385 e. The van der Waals surface area contributed by atoms with Crippen LogP contribution >= 0.6 is 23.5 Å². The number of hydrogen-bond acceptors (Lipinski definition) is 4. The molecule has 1 N–H and O–H groups in total. The Labute approximate surface area is 115 Å². The van der Waals surface area contributed by atoms with Gasteiger partial charge in [-0.2, -0.15) is 23.5 Å². The van der Waals surface area contributed by atoms with Gasteiger partial charge in [0.2, 0.25) is 0 Å². The van der Waals surface area contributed by atoms with Gasteiger partial charge in [-0.25, -0.2) is 0 Å². The molecule has 0 aromatic carbocycles. The first-order valence-corrected chi connectivity index (χ1v) is 8.84. The minimum absolute atomic E-state index is 0.665. The maximum atomic E-state index is 5.17. The lowest BCUT2D eigenvalue weighted by molar-refractivity contribution is 0.188. The SMILES string of the molecule is CCCNC(CCCOC)C1SCCSC1C. The lowest BCUT2D eigenvalue weighted by Gasteiger charge is -2.35. The van der Waals surface area contributed by atoms with Crippen molar-refractivity contribution in [3.63, 3.8) is 0 Å². The van der Waals surface area contributed by atoms with Crippen molar-refractivity contribution in [3.05, 3.63) is 0 Å². The Morgan fingerprint density at radius 2 is 2.12 bits per heavy atom. The molecule has 2 nitrogen and oxygen atoms in total. The predicted molar refractivity (Wildman–Crippen MR) is 81.4 cm³/mol. The van der Waals surface area contributed by atoms with Gasteiger partial charge in [0.25, 0.3) is 0 Å². The van der Waals surface area contributed by atoms with Crippen molar-refractivity contribution < 1.29 is 4.74 Å². The molecular weight excluding hydrogens is 250 g/mol. The van der Waals surface area contributed by atoms with Gasteiger partial charge in [0.1, 0.15) is 0 Å². The second kappa shape index (κ2) is 9.54. The van der Waals surface area contributed by atoms with E-state index in [-0.39, 0.29) is 0 Å². The number of ether oxygens (including phenoxy) is 1. The zero-order valence-corrected chi connectivity index (χ0v) is 13.0. The first kappa shape index (κ1) is 15.7. The summed E-state index contributed by atoms with van der Waals surface area (Å²) in [5.74, 6) is 2.63. The monoisotopic (exact) mass is 277 g/mol. The van der Waals surface area contributed by atoms with E-state index in [2.05, 4.69) is 42.7 Å². The fourth-order valence-corrected chi connectivity index (χ4v) is 5.25. The van der Waals surface area contributed by atoms with Gasteiger partial charge in [-0.05, 0) is 25.8 Å². The summed E-state index contributed by atoms with van der Waals surface area (Å²) in [6.45, 7) is 6.67. The third-order valence-corrected chi connectivity index (χ3v) is 6.40. The zero-order valence-electron chi connectivity index (χ0n) is 11.4. The Balaban J connectivity index is 2.41. The van der Waals surface area contributed by atoms with Crippen LogP contribution in [0.15, 0.2) is 0 Å². The molecule has 17 heavy (non-hydrogen) atoms. The second-order valence-electron chi connectivity index (χ2n) is 4.61. The molecule has 1 aliphatic rings. The van der Waals surface area contributed by atoms with Crippen LogP contribution in [0.4, 0.5) is 0 Å². The first-order chi connectivity index (χ1) is 8.29. The summed E-state index contributed by atoms with van der Waals surface area (Å²) < 4.78 is 5.17. The van der Waals surface area contributed by atoms with Crippen LogP contribution in [0.2, 0.25) is 0 Å². The molecule has 0 bridgehead atoms. The average molecular weight is 277 g/mol. The van der Waals surface area contributed by atoms with Crippen LogP contribution in [0, 0.1) is 0 Å². The lowest BCUT2D eigenvalue weighted by Crippen LogP contribution is -2.44. The van der Waals surface area contributed by atoms with E-state index in [9.17, 15) is 0 Å². The average Bonchev–Trinajstić information content (AvgIpc) is 2.35. The molecule has 102 valence electrons. The van der Waals surface area contributed by atoms with Crippen molar-refractivity contribution >= 4 is 23.5 Å². The highest BCUT2D eigenvalue weighted by Gasteiger charge is 2.29. The normalized spacial score (nSPS) is 27.0. The molecule has 1 saturated heterocycles. The summed E-state index contributed by atoms with van der Waals surface area (Å²) >= 11 is 4.30. The molecule has 0 amide bonds. The maximum absolute atomic E-state index is 5.17. The number of thioether (sulfide) groups is 2. The molecule has 0 spiro atoms. The smallest absolute Gasteiger partial charge is 0.0462 e. The Kier molecular flexibility index (Phi) is 8.79. The van der Waals surface area contributed by atoms with Gasteiger partial charge in [0.05, 0.1) is 0 Å². The van der Waals surface area contributed by atoms with E-state index in [1.54, 1.807) is 7.11 Å². The van der Waals surface area contributed by atoms with Crippen molar-refractivity contribution in [3.8, 4) is 0 Å². The largest absolute Gasteiger partial charge is 0.385 e. The van der Waals surface area contributed by atoms with E-state index in [0.717, 1.165) is 23.7 Å². The number of methoxy groups -OCH3 is 1. The van der Waals surface area contributed by atoms with E-state index < -0.39 is 0 Å². The molecule has 0 aliphatic carbocycles. The molecular formula is C13H27NOS2. The van der Waals surface area contributed by atoms with E-state index in [4.69, 9.17) is 4.74 Å². The topological polar surface area (TPSA) is 21.3 Å². The number of nitrogens with one attached hydrogen (secondary N) is 1. The van der Waals surface area contributed by atoms with Gasteiger partial charge >= 0.3 is 0 Å². The summed E-state index contributed by atoms with van der Waals surface area (Å²) in [5.41, 5.74) is 0. The Morgan fingerprint density at radius 1 is 1.35 bits per heavy atom. The fraction of sp³-hybridized carbons (Fsp3) is 1.00. The van der Waals surface area contributed by atoms with Crippen LogP contribution in [0.25, 0.3) is 0 Å². The Hall–Kier alpha value is 0.620. The van der Waals surface area contributed by atoms with Crippen molar-refractivity contribution in [2.75, 3.05) is 31.8 Å². The van der Waals surface area contributed by atoms with E-state index in [0.29, 0.717) is 6.04 Å². The molecule has 1 rings (SSSR count). The van der Waals surface area contributed by atoms with Crippen LogP contribution in [-0.2, 0) is 4.74 Å². The summed E-state index contributed by atoms with van der Waals surface area (Å²) in [4.78, 5) is 0. The van der Waals surface area contributed by atoms with Gasteiger partial charge in [-0.15, -0.1) is 0 Å². The van der Waals surface area contributed by atoms with Crippen LogP contribution in [-0.4, -0.2) is 48.3 Å². The van der Waals surface area contributed by atoms with Crippen LogP contribution < -0.4 is 5.32 Å². The Morgan fingerprint density at radius 3 is 2.76 bits per heavy atom. The molecule has 1 fully saturated rings. The van der Waals surface area contributed by atoms with Gasteiger partial charge in [-0.3, -0.25) is 0 Å². The molecule has 0 aromatic rings. The molecule has 1 heterocycles. The number of rotatable bonds is 8. The molecule has 4 heteroatoms. The quantitative estimate of drug-likeness (QED) is 0.688. The lowest BCUT2D eigenvalue weighted by atomic mass is 10.1. The molecule has 0 radical (unpaired) electrons. The van der Waals surface area contributed by atoms with Crippen molar-refractivity contribution in [2.24, 2.45) is 0 Å². The van der Waals surface area contributed by atoms with Crippen LogP contribution in [0.5, 0.6) is 0 Å². The molecule has 0 saturated carbocycles. The number of hydrogen-bond donors (Lipinski definition) is 1. The van der Waals surface area contributed by atoms with Crippen molar-refractivity contribution in [1.82, 2.24) is 5.32 Å². The minimum atomic E-state index is 0.665. The first-order valence-electron chi connectivity index (χ1n) is 6.75. The van der Waals surface area contributed by atoms with E-state index in [1.165, 1.54) is 30.8 Å². The predicted octanol–water partition coefficient (Wildman–Crippen LogP) is 3.02. The molecule has 3 atom stereocenters. The highest BCUT2D eigenvalue weighted by Crippen LogP contribution is 2.34. The second-order valence-corrected chi connectivity index (χ2v) is 7.38. The van der Waals surface area contributed by atoms with Gasteiger partial charge in [0, 0.05) is 41.8 Å². The fourth-order valence-electron chi connectivity index (χ4n) is 2.25. The third-order valence-electron chi connectivity index (χ3n) is 3.15. The van der Waals surface area contributed by atoms with Crippen molar-refractivity contribution in [2.45, 2.75) is 49.7 Å². The van der Waals surface area contributed by atoms with Crippen LogP contribution in [0.3, 0.4) is 0 Å².